The predicted molar refractivity (Wildman–Crippen MR) is 164 cm³/mol. The standard InChI is InChI=1S/2C6H7N.C6H6.C4H6N2.C3H5N3.C3H4N2O.2CH4/c1-6-3-2-4-7-5-6;1-6-4-2-3-5-7-6;1-2-4-6-5-3-1;1-4-5-2-3-6-4;1-3-4-2-5-6-3;1-3-5-4-2-6-3;;/h2*2-5H,1H3;1-6H;2H,3H2,1H3;2H,1H3,(H,4,5,6);2H,1H3;2*1H4. The number of nitrogens with zero attached hydrogens (tertiary/aromatic N) is 8. The highest BCUT2D eigenvalue weighted by molar-refractivity contribution is 5.92. The lowest BCUT2D eigenvalue weighted by molar-refractivity contribution is 0.518. The average Bonchev–Trinajstić information content (AvgIpc) is 3.74. The van der Waals surface area contributed by atoms with Crippen LogP contribution < -0.4 is 0 Å². The van der Waals surface area contributed by atoms with Gasteiger partial charge in [0.25, 0.3) is 0 Å². The predicted octanol–water partition coefficient (Wildman–Crippen LogP) is 6.72. The van der Waals surface area contributed by atoms with Crippen LogP contribution in [0.25, 0.3) is 0 Å². The van der Waals surface area contributed by atoms with E-state index in [1.54, 1.807) is 25.5 Å². The van der Waals surface area contributed by atoms with Crippen molar-refractivity contribution in [2.45, 2.75) is 49.5 Å². The van der Waals surface area contributed by atoms with Gasteiger partial charge in [-0.25, -0.2) is 9.98 Å². The van der Waals surface area contributed by atoms with Gasteiger partial charge in [0.1, 0.15) is 18.0 Å². The molecule has 0 atom stereocenters. The molecule has 40 heavy (non-hydrogen) atoms. The number of hydrogen-bond acceptors (Lipinski definition) is 9. The van der Waals surface area contributed by atoms with Crippen molar-refractivity contribution in [3.05, 3.63) is 121 Å². The van der Waals surface area contributed by atoms with E-state index >= 15 is 0 Å². The van der Waals surface area contributed by atoms with Crippen LogP contribution >= 0.6 is 0 Å². The minimum absolute atomic E-state index is 0. The summed E-state index contributed by atoms with van der Waals surface area (Å²) in [5, 5.41) is 13.1. The van der Waals surface area contributed by atoms with Gasteiger partial charge in [-0.15, -0.1) is 10.2 Å². The van der Waals surface area contributed by atoms with Crippen LogP contribution in [0.5, 0.6) is 0 Å². The number of hydrogen-bond donors (Lipinski definition) is 1. The SMILES string of the molecule is C.C.CC1=NCC=N1.Cc1ccccn1.Cc1cccnc1.Cc1ncn[nH]1.Cc1nnco1.c1ccccc1. The summed E-state index contributed by atoms with van der Waals surface area (Å²) in [7, 11) is 0. The van der Waals surface area contributed by atoms with Gasteiger partial charge >= 0.3 is 0 Å². The summed E-state index contributed by atoms with van der Waals surface area (Å²) in [4.78, 5) is 19.4. The number of pyridine rings is 2. The van der Waals surface area contributed by atoms with Crippen LogP contribution in [-0.2, 0) is 0 Å². The molecule has 0 saturated heterocycles. The Labute approximate surface area is 238 Å². The molecule has 6 rings (SSSR count). The molecule has 1 aromatic carbocycles. The molecule has 0 saturated carbocycles. The fraction of sp³-hybridized carbons (Fsp3) is 0.267. The molecule has 0 fully saturated rings. The summed E-state index contributed by atoms with van der Waals surface area (Å²) in [5.41, 5.74) is 2.28. The third-order valence-electron chi connectivity index (χ3n) is 3.97. The molecule has 0 spiro atoms. The molecule has 5 heterocycles. The van der Waals surface area contributed by atoms with Gasteiger partial charge in [-0.1, -0.05) is 63.4 Å². The molecule has 214 valence electrons. The Morgan fingerprint density at radius 1 is 0.775 bits per heavy atom. The first-order valence-corrected chi connectivity index (χ1v) is 11.8. The third-order valence-corrected chi connectivity index (χ3v) is 3.97. The number of aromatic amines is 1. The second-order valence-corrected chi connectivity index (χ2v) is 7.38. The zero-order valence-corrected chi connectivity index (χ0v) is 22.5. The lowest BCUT2D eigenvalue weighted by Gasteiger charge is -1.82. The zero-order valence-electron chi connectivity index (χ0n) is 22.5. The minimum atomic E-state index is 0. The van der Waals surface area contributed by atoms with Crippen LogP contribution in [0.4, 0.5) is 0 Å². The molecule has 0 aliphatic carbocycles. The van der Waals surface area contributed by atoms with Crippen LogP contribution in [0, 0.1) is 27.7 Å². The number of benzene rings is 1. The van der Waals surface area contributed by atoms with Gasteiger partial charge in [0.05, 0.1) is 6.54 Å². The van der Waals surface area contributed by atoms with Crippen molar-refractivity contribution in [1.82, 2.24) is 35.3 Å². The third kappa shape index (κ3) is 23.5. The number of amidine groups is 1. The molecule has 0 radical (unpaired) electrons. The lowest BCUT2D eigenvalue weighted by Crippen LogP contribution is -1.73. The molecule has 4 aromatic heterocycles. The van der Waals surface area contributed by atoms with Crippen molar-refractivity contribution in [2.24, 2.45) is 9.98 Å². The maximum atomic E-state index is 4.61. The van der Waals surface area contributed by atoms with Crippen molar-refractivity contribution >= 4 is 12.1 Å². The molecule has 0 bridgehead atoms. The molecule has 1 aliphatic rings. The van der Waals surface area contributed by atoms with E-state index in [0.717, 1.165) is 23.9 Å². The summed E-state index contributed by atoms with van der Waals surface area (Å²) in [5.74, 6) is 2.36. The number of nitrogens with one attached hydrogen (secondary N) is 1. The highest BCUT2D eigenvalue weighted by Gasteiger charge is 1.87. The Kier molecular flexibility index (Phi) is 24.0. The van der Waals surface area contributed by atoms with Crippen molar-refractivity contribution in [3.63, 3.8) is 0 Å². The van der Waals surface area contributed by atoms with E-state index in [0.29, 0.717) is 5.89 Å². The van der Waals surface area contributed by atoms with Crippen LogP contribution in [0.3, 0.4) is 0 Å². The summed E-state index contributed by atoms with van der Waals surface area (Å²) in [6.07, 6.45) is 9.97. The molecule has 10 heteroatoms. The van der Waals surface area contributed by atoms with Crippen LogP contribution in [0.2, 0.25) is 0 Å². The van der Waals surface area contributed by atoms with Gasteiger partial charge in [0.15, 0.2) is 0 Å². The normalized spacial score (nSPS) is 9.68. The average molecular weight is 546 g/mol. The summed E-state index contributed by atoms with van der Waals surface area (Å²) in [6.45, 7) is 10.3. The van der Waals surface area contributed by atoms with E-state index in [9.17, 15) is 0 Å². The van der Waals surface area contributed by atoms with Crippen molar-refractivity contribution < 1.29 is 4.42 Å². The van der Waals surface area contributed by atoms with E-state index in [2.05, 4.69) is 49.7 Å². The lowest BCUT2D eigenvalue weighted by atomic mass is 10.3. The second-order valence-electron chi connectivity index (χ2n) is 7.38. The molecule has 10 nitrogen and oxygen atoms in total. The van der Waals surface area contributed by atoms with Gasteiger partial charge in [-0.2, -0.15) is 5.10 Å². The topological polar surface area (TPSA) is 131 Å². The Balaban J connectivity index is 0. The molecule has 0 unspecified atom stereocenters. The molecule has 0 amide bonds. The second kappa shape index (κ2) is 25.8. The van der Waals surface area contributed by atoms with Crippen LogP contribution in [0.1, 0.15) is 44.7 Å². The molecule has 5 aromatic rings. The summed E-state index contributed by atoms with van der Waals surface area (Å²) in [6, 6.07) is 21.8. The van der Waals surface area contributed by atoms with Gasteiger partial charge in [-0.3, -0.25) is 20.1 Å². The van der Waals surface area contributed by atoms with Gasteiger partial charge in [-0.05, 0) is 51.5 Å². The Hall–Kier alpha value is -4.86. The van der Waals surface area contributed by atoms with Crippen LogP contribution in [-0.4, -0.2) is 53.9 Å². The van der Waals surface area contributed by atoms with Crippen molar-refractivity contribution in [3.8, 4) is 0 Å². The first-order valence-electron chi connectivity index (χ1n) is 11.8. The zero-order chi connectivity index (χ0) is 27.7. The quantitative estimate of drug-likeness (QED) is 0.228. The number of aliphatic imine (C=N–C) groups is 2. The fourth-order valence-electron chi connectivity index (χ4n) is 2.16. The van der Waals surface area contributed by atoms with E-state index in [1.165, 1.54) is 18.3 Å². The highest BCUT2D eigenvalue weighted by atomic mass is 16.4. The number of rotatable bonds is 0. The van der Waals surface area contributed by atoms with Gasteiger partial charge in [0.2, 0.25) is 12.3 Å². The maximum absolute atomic E-state index is 4.61. The first-order chi connectivity index (χ1) is 18.5. The molecular weight excluding hydrogens is 502 g/mol. The van der Waals surface area contributed by atoms with Crippen molar-refractivity contribution in [2.75, 3.05) is 6.54 Å². The summed E-state index contributed by atoms with van der Waals surface area (Å²) < 4.78 is 4.61. The Morgan fingerprint density at radius 2 is 1.48 bits per heavy atom. The smallest absolute Gasteiger partial charge is 0.213 e. The van der Waals surface area contributed by atoms with Gasteiger partial charge in [0, 0.05) is 37.4 Å². The largest absolute Gasteiger partial charge is 0.428 e. The number of aromatic nitrogens is 7. The minimum Gasteiger partial charge on any atom is -0.428 e. The Morgan fingerprint density at radius 3 is 1.68 bits per heavy atom. The first kappa shape index (κ1) is 37.3. The van der Waals surface area contributed by atoms with E-state index in [-0.39, 0.29) is 14.9 Å². The highest BCUT2D eigenvalue weighted by Crippen LogP contribution is 1.88. The molecule has 1 aliphatic heterocycles. The monoisotopic (exact) mass is 545 g/mol. The molecule has 1 N–H and O–H groups in total. The molecular formula is C30H43N9O. The van der Waals surface area contributed by atoms with Gasteiger partial charge < -0.3 is 4.42 Å². The summed E-state index contributed by atoms with van der Waals surface area (Å²) >= 11 is 0. The maximum Gasteiger partial charge on any atom is 0.213 e. The number of H-pyrrole nitrogens is 1. The Bertz CT molecular complexity index is 1110. The van der Waals surface area contributed by atoms with Crippen molar-refractivity contribution in [1.29, 1.82) is 0 Å². The van der Waals surface area contributed by atoms with E-state index in [1.807, 2.05) is 101 Å². The van der Waals surface area contributed by atoms with E-state index in [4.69, 9.17) is 0 Å². The number of aryl methyl sites for hydroxylation is 4. The van der Waals surface area contributed by atoms with Crippen LogP contribution in [0.15, 0.2) is 112 Å². The fourth-order valence-corrected chi connectivity index (χ4v) is 2.16. The van der Waals surface area contributed by atoms with E-state index < -0.39 is 0 Å².